The number of hydrogen-bond acceptors (Lipinski definition) is 6. The summed E-state index contributed by atoms with van der Waals surface area (Å²) in [6, 6.07) is 6.12. The number of carboxylic acid groups (broad SMARTS) is 1. The number of aliphatic carboxylic acids is 1. The van der Waals surface area contributed by atoms with Crippen LogP contribution in [0.3, 0.4) is 0 Å². The summed E-state index contributed by atoms with van der Waals surface area (Å²) in [7, 11) is 0. The second-order valence-electron chi connectivity index (χ2n) is 6.82. The van der Waals surface area contributed by atoms with Crippen LogP contribution in [0.1, 0.15) is 17.7 Å². The lowest BCUT2D eigenvalue weighted by Gasteiger charge is -2.22. The van der Waals surface area contributed by atoms with Gasteiger partial charge in [-0.2, -0.15) is 11.8 Å². The molecular formula is C20H27N5O4S. The van der Waals surface area contributed by atoms with Gasteiger partial charge in [-0.15, -0.1) is 0 Å². The number of imidazole rings is 1. The van der Waals surface area contributed by atoms with Gasteiger partial charge in [0.2, 0.25) is 11.8 Å². The summed E-state index contributed by atoms with van der Waals surface area (Å²) < 4.78 is 0. The number of aromatic amines is 1. The number of carbonyl (C=O) groups is 3. The number of carboxylic acids is 1. The SMILES string of the molecule is CSCC[C@H](N)C(=O)N[C@@H](Cc1cnc[nH]1)C(=O)N[C@@H](Cc1ccccc1)C(=O)O. The van der Waals surface area contributed by atoms with Crippen molar-refractivity contribution in [3.05, 3.63) is 54.1 Å². The Morgan fingerprint density at radius 3 is 2.43 bits per heavy atom. The molecule has 30 heavy (non-hydrogen) atoms. The van der Waals surface area contributed by atoms with Crippen LogP contribution in [0.15, 0.2) is 42.9 Å². The number of H-pyrrole nitrogens is 1. The highest BCUT2D eigenvalue weighted by Crippen LogP contribution is 2.06. The van der Waals surface area contributed by atoms with Crippen LogP contribution in [-0.2, 0) is 27.2 Å². The molecule has 0 unspecified atom stereocenters. The van der Waals surface area contributed by atoms with Crippen LogP contribution in [0.25, 0.3) is 0 Å². The Labute approximate surface area is 179 Å². The fourth-order valence-electron chi connectivity index (χ4n) is 2.80. The normalized spacial score (nSPS) is 13.8. The molecule has 0 bridgehead atoms. The molecule has 9 nitrogen and oxygen atoms in total. The first-order valence-electron chi connectivity index (χ1n) is 9.50. The second-order valence-corrected chi connectivity index (χ2v) is 7.80. The zero-order valence-electron chi connectivity index (χ0n) is 16.7. The third-order valence-electron chi connectivity index (χ3n) is 4.48. The van der Waals surface area contributed by atoms with Crippen LogP contribution in [0.5, 0.6) is 0 Å². The van der Waals surface area contributed by atoms with E-state index in [4.69, 9.17) is 5.73 Å². The quantitative estimate of drug-likeness (QED) is 0.324. The molecular weight excluding hydrogens is 406 g/mol. The maximum Gasteiger partial charge on any atom is 0.326 e. The van der Waals surface area contributed by atoms with Crippen LogP contribution in [0, 0.1) is 0 Å². The average Bonchev–Trinajstić information content (AvgIpc) is 3.24. The fourth-order valence-corrected chi connectivity index (χ4v) is 3.29. The number of aromatic nitrogens is 2. The second kappa shape index (κ2) is 12.0. The largest absolute Gasteiger partial charge is 0.480 e. The molecule has 0 saturated carbocycles. The number of nitrogens with zero attached hydrogens (tertiary/aromatic N) is 1. The number of benzene rings is 1. The summed E-state index contributed by atoms with van der Waals surface area (Å²) in [5.41, 5.74) is 7.31. The molecule has 1 aromatic heterocycles. The van der Waals surface area contributed by atoms with E-state index in [1.807, 2.05) is 12.3 Å². The lowest BCUT2D eigenvalue weighted by Crippen LogP contribution is -2.55. The minimum atomic E-state index is -1.16. The monoisotopic (exact) mass is 433 g/mol. The minimum absolute atomic E-state index is 0.125. The van der Waals surface area contributed by atoms with Crippen molar-refractivity contribution in [2.45, 2.75) is 37.4 Å². The van der Waals surface area contributed by atoms with Gasteiger partial charge in [-0.3, -0.25) is 9.59 Å². The summed E-state index contributed by atoms with van der Waals surface area (Å²) >= 11 is 1.57. The smallest absolute Gasteiger partial charge is 0.326 e. The molecule has 2 aromatic rings. The van der Waals surface area contributed by atoms with E-state index >= 15 is 0 Å². The summed E-state index contributed by atoms with van der Waals surface area (Å²) in [4.78, 5) is 43.8. The summed E-state index contributed by atoms with van der Waals surface area (Å²) in [5.74, 6) is -1.50. The van der Waals surface area contributed by atoms with Gasteiger partial charge in [0.15, 0.2) is 0 Å². The van der Waals surface area contributed by atoms with Gasteiger partial charge < -0.3 is 26.5 Å². The highest BCUT2D eigenvalue weighted by atomic mass is 32.2. The van der Waals surface area contributed by atoms with Gasteiger partial charge in [0.25, 0.3) is 0 Å². The average molecular weight is 434 g/mol. The van der Waals surface area contributed by atoms with E-state index in [0.29, 0.717) is 17.9 Å². The molecule has 0 aliphatic carbocycles. The van der Waals surface area contributed by atoms with Crippen molar-refractivity contribution >= 4 is 29.5 Å². The summed E-state index contributed by atoms with van der Waals surface area (Å²) in [6.07, 6.45) is 5.64. The summed E-state index contributed by atoms with van der Waals surface area (Å²) in [5, 5.41) is 14.7. The number of nitrogens with two attached hydrogens (primary N) is 1. The van der Waals surface area contributed by atoms with Crippen molar-refractivity contribution in [2.75, 3.05) is 12.0 Å². The van der Waals surface area contributed by atoms with Crippen molar-refractivity contribution in [3.63, 3.8) is 0 Å². The van der Waals surface area contributed by atoms with E-state index in [-0.39, 0.29) is 12.8 Å². The van der Waals surface area contributed by atoms with Crippen LogP contribution >= 0.6 is 11.8 Å². The number of rotatable bonds is 12. The molecule has 1 heterocycles. The third kappa shape index (κ3) is 7.53. The zero-order chi connectivity index (χ0) is 21.9. The van der Waals surface area contributed by atoms with E-state index in [2.05, 4.69) is 20.6 Å². The Morgan fingerprint density at radius 2 is 1.83 bits per heavy atom. The van der Waals surface area contributed by atoms with Crippen LogP contribution in [0.2, 0.25) is 0 Å². The maximum atomic E-state index is 12.9. The first-order valence-corrected chi connectivity index (χ1v) is 10.9. The van der Waals surface area contributed by atoms with E-state index in [9.17, 15) is 19.5 Å². The minimum Gasteiger partial charge on any atom is -0.480 e. The number of nitrogens with one attached hydrogen (secondary N) is 3. The van der Waals surface area contributed by atoms with Gasteiger partial charge in [0.05, 0.1) is 12.4 Å². The van der Waals surface area contributed by atoms with Gasteiger partial charge in [-0.1, -0.05) is 30.3 Å². The molecule has 2 rings (SSSR count). The predicted molar refractivity (Wildman–Crippen MR) is 115 cm³/mol. The standard InChI is InChI=1S/C20H27N5O4S/c1-30-8-7-15(21)18(26)24-16(10-14-11-22-12-23-14)19(27)25-17(20(28)29)9-13-5-3-2-4-6-13/h2-6,11-12,15-17H,7-10,21H2,1H3,(H,22,23)(H,24,26)(H,25,27)(H,28,29)/t15-,16-,17-/m0/s1. The van der Waals surface area contributed by atoms with Crippen molar-refractivity contribution in [2.24, 2.45) is 5.73 Å². The van der Waals surface area contributed by atoms with Gasteiger partial charge in [0.1, 0.15) is 12.1 Å². The molecule has 0 spiro atoms. The lowest BCUT2D eigenvalue weighted by atomic mass is 10.0. The van der Waals surface area contributed by atoms with Crippen LogP contribution < -0.4 is 16.4 Å². The van der Waals surface area contributed by atoms with Gasteiger partial charge in [-0.25, -0.2) is 9.78 Å². The highest BCUT2D eigenvalue weighted by Gasteiger charge is 2.28. The van der Waals surface area contributed by atoms with Crippen LogP contribution in [-0.4, -0.2) is 63.0 Å². The Morgan fingerprint density at radius 1 is 1.13 bits per heavy atom. The number of hydrogen-bond donors (Lipinski definition) is 5. The maximum absolute atomic E-state index is 12.9. The zero-order valence-corrected chi connectivity index (χ0v) is 17.5. The highest BCUT2D eigenvalue weighted by molar-refractivity contribution is 7.98. The van der Waals surface area contributed by atoms with Crippen molar-refractivity contribution in [3.8, 4) is 0 Å². The first-order chi connectivity index (χ1) is 14.4. The van der Waals surface area contributed by atoms with Crippen molar-refractivity contribution in [1.29, 1.82) is 0 Å². The van der Waals surface area contributed by atoms with Gasteiger partial charge in [-0.05, 0) is 24.0 Å². The molecule has 1 aromatic carbocycles. The van der Waals surface area contributed by atoms with Gasteiger partial charge in [0, 0.05) is 24.7 Å². The molecule has 0 aliphatic heterocycles. The van der Waals surface area contributed by atoms with E-state index < -0.39 is 35.9 Å². The third-order valence-corrected chi connectivity index (χ3v) is 5.12. The van der Waals surface area contributed by atoms with Crippen molar-refractivity contribution < 1.29 is 19.5 Å². The Bertz CT molecular complexity index is 816. The van der Waals surface area contributed by atoms with E-state index in [1.165, 1.54) is 6.33 Å². The summed E-state index contributed by atoms with van der Waals surface area (Å²) in [6.45, 7) is 0. The molecule has 2 amide bonds. The Hall–Kier alpha value is -2.85. The van der Waals surface area contributed by atoms with Gasteiger partial charge >= 0.3 is 5.97 Å². The van der Waals surface area contributed by atoms with E-state index in [0.717, 1.165) is 5.56 Å². The predicted octanol–water partition coefficient (Wildman–Crippen LogP) is 0.330. The molecule has 0 saturated heterocycles. The molecule has 162 valence electrons. The molecule has 0 fully saturated rings. The first kappa shape index (κ1) is 23.4. The Balaban J connectivity index is 2.09. The lowest BCUT2D eigenvalue weighted by molar-refractivity contribution is -0.142. The molecule has 10 heteroatoms. The van der Waals surface area contributed by atoms with Crippen molar-refractivity contribution in [1.82, 2.24) is 20.6 Å². The number of amides is 2. The fraction of sp³-hybridized carbons (Fsp3) is 0.400. The number of thioether (sulfide) groups is 1. The Kier molecular flexibility index (Phi) is 9.36. The van der Waals surface area contributed by atoms with E-state index in [1.54, 1.807) is 42.2 Å². The van der Waals surface area contributed by atoms with Crippen LogP contribution in [0.4, 0.5) is 0 Å². The molecule has 0 aliphatic rings. The topological polar surface area (TPSA) is 150 Å². The molecule has 6 N–H and O–H groups in total. The molecule has 3 atom stereocenters. The number of carbonyl (C=O) groups excluding carboxylic acids is 2. The molecule has 0 radical (unpaired) electrons.